The monoisotopic (exact) mass is 207 g/mol. The standard InChI is InChI=1S/C12H21N3/c1-14-9-3-4-10-15(2)12-7-5-11(13)6-8-12/h5-8,14H,3-4,9-10,13H2,1-2H3. The Morgan fingerprint density at radius 1 is 1.20 bits per heavy atom. The summed E-state index contributed by atoms with van der Waals surface area (Å²) < 4.78 is 0. The zero-order valence-corrected chi connectivity index (χ0v) is 9.66. The summed E-state index contributed by atoms with van der Waals surface area (Å²) in [6.45, 7) is 2.18. The number of hydrogen-bond acceptors (Lipinski definition) is 3. The lowest BCUT2D eigenvalue weighted by molar-refractivity contribution is 0.671. The van der Waals surface area contributed by atoms with Gasteiger partial charge in [0.1, 0.15) is 0 Å². The predicted molar refractivity (Wildman–Crippen MR) is 67.3 cm³/mol. The fraction of sp³-hybridized carbons (Fsp3) is 0.500. The number of nitrogens with one attached hydrogen (secondary N) is 1. The quantitative estimate of drug-likeness (QED) is 0.551. The lowest BCUT2D eigenvalue weighted by Crippen LogP contribution is -2.19. The molecule has 0 fully saturated rings. The molecular formula is C12H21N3. The Hall–Kier alpha value is -1.22. The van der Waals surface area contributed by atoms with Gasteiger partial charge < -0.3 is 16.0 Å². The molecule has 3 heteroatoms. The molecule has 0 aliphatic rings. The maximum Gasteiger partial charge on any atom is 0.0365 e. The molecule has 0 saturated carbocycles. The summed E-state index contributed by atoms with van der Waals surface area (Å²) in [6.07, 6.45) is 2.43. The van der Waals surface area contributed by atoms with E-state index < -0.39 is 0 Å². The van der Waals surface area contributed by atoms with Crippen LogP contribution in [0.25, 0.3) is 0 Å². The fourth-order valence-corrected chi connectivity index (χ4v) is 1.51. The molecule has 0 spiro atoms. The highest BCUT2D eigenvalue weighted by atomic mass is 15.1. The topological polar surface area (TPSA) is 41.3 Å². The summed E-state index contributed by atoms with van der Waals surface area (Å²) in [7, 11) is 4.11. The Morgan fingerprint density at radius 2 is 1.87 bits per heavy atom. The minimum Gasteiger partial charge on any atom is -0.399 e. The van der Waals surface area contributed by atoms with Crippen LogP contribution >= 0.6 is 0 Å². The summed E-state index contributed by atoms with van der Waals surface area (Å²) in [5, 5.41) is 3.15. The van der Waals surface area contributed by atoms with E-state index in [0.29, 0.717) is 0 Å². The number of rotatable bonds is 6. The van der Waals surface area contributed by atoms with Crippen molar-refractivity contribution < 1.29 is 0 Å². The van der Waals surface area contributed by atoms with Gasteiger partial charge in [-0.25, -0.2) is 0 Å². The van der Waals surface area contributed by atoms with Crippen LogP contribution in [-0.4, -0.2) is 27.2 Å². The van der Waals surface area contributed by atoms with E-state index in [9.17, 15) is 0 Å². The van der Waals surface area contributed by atoms with Gasteiger partial charge in [0.2, 0.25) is 0 Å². The van der Waals surface area contributed by atoms with E-state index in [0.717, 1.165) is 18.8 Å². The van der Waals surface area contributed by atoms with Crippen molar-refractivity contribution in [2.24, 2.45) is 0 Å². The van der Waals surface area contributed by atoms with E-state index >= 15 is 0 Å². The van der Waals surface area contributed by atoms with Crippen molar-refractivity contribution in [2.75, 3.05) is 37.8 Å². The summed E-state index contributed by atoms with van der Waals surface area (Å²) in [5.41, 5.74) is 7.69. The lowest BCUT2D eigenvalue weighted by atomic mass is 10.2. The molecule has 0 unspecified atom stereocenters. The van der Waals surface area contributed by atoms with Gasteiger partial charge in [-0.05, 0) is 50.7 Å². The largest absolute Gasteiger partial charge is 0.399 e. The number of nitrogens with two attached hydrogens (primary N) is 1. The van der Waals surface area contributed by atoms with Gasteiger partial charge in [-0.3, -0.25) is 0 Å². The second-order valence-electron chi connectivity index (χ2n) is 3.82. The zero-order chi connectivity index (χ0) is 11.1. The average Bonchev–Trinajstić information content (AvgIpc) is 2.25. The van der Waals surface area contributed by atoms with Crippen molar-refractivity contribution in [3.05, 3.63) is 24.3 Å². The third-order valence-corrected chi connectivity index (χ3v) is 2.50. The fourth-order valence-electron chi connectivity index (χ4n) is 1.51. The Bertz CT molecular complexity index is 269. The first-order chi connectivity index (χ1) is 7.24. The Labute approximate surface area is 92.3 Å². The van der Waals surface area contributed by atoms with E-state index in [1.807, 2.05) is 19.2 Å². The number of unbranched alkanes of at least 4 members (excludes halogenated alkanes) is 1. The smallest absolute Gasteiger partial charge is 0.0365 e. The van der Waals surface area contributed by atoms with Crippen molar-refractivity contribution in [1.29, 1.82) is 0 Å². The van der Waals surface area contributed by atoms with Crippen LogP contribution in [-0.2, 0) is 0 Å². The van der Waals surface area contributed by atoms with Crippen molar-refractivity contribution in [2.45, 2.75) is 12.8 Å². The van der Waals surface area contributed by atoms with Crippen LogP contribution in [0.4, 0.5) is 11.4 Å². The molecule has 1 aromatic rings. The lowest BCUT2D eigenvalue weighted by Gasteiger charge is -2.19. The highest BCUT2D eigenvalue weighted by Crippen LogP contribution is 2.14. The van der Waals surface area contributed by atoms with E-state index in [4.69, 9.17) is 5.73 Å². The van der Waals surface area contributed by atoms with Gasteiger partial charge in [-0.2, -0.15) is 0 Å². The number of hydrogen-bond donors (Lipinski definition) is 2. The molecule has 0 saturated heterocycles. The average molecular weight is 207 g/mol. The van der Waals surface area contributed by atoms with E-state index in [-0.39, 0.29) is 0 Å². The van der Waals surface area contributed by atoms with Crippen LogP contribution in [0.1, 0.15) is 12.8 Å². The molecule has 0 radical (unpaired) electrons. The third kappa shape index (κ3) is 4.21. The molecule has 0 amide bonds. The van der Waals surface area contributed by atoms with Crippen LogP contribution in [0.15, 0.2) is 24.3 Å². The Morgan fingerprint density at radius 3 is 2.47 bits per heavy atom. The molecule has 0 aliphatic heterocycles. The number of benzene rings is 1. The van der Waals surface area contributed by atoms with Crippen LogP contribution in [0.3, 0.4) is 0 Å². The van der Waals surface area contributed by atoms with Gasteiger partial charge in [0, 0.05) is 25.0 Å². The highest BCUT2D eigenvalue weighted by Gasteiger charge is 1.99. The summed E-state index contributed by atoms with van der Waals surface area (Å²) in [5.74, 6) is 0. The second kappa shape index (κ2) is 6.30. The molecule has 0 heterocycles. The van der Waals surface area contributed by atoms with E-state index in [1.54, 1.807) is 0 Å². The second-order valence-corrected chi connectivity index (χ2v) is 3.82. The van der Waals surface area contributed by atoms with Crippen LogP contribution in [0, 0.1) is 0 Å². The molecule has 0 bridgehead atoms. The minimum absolute atomic E-state index is 0.822. The number of anilines is 2. The molecule has 84 valence electrons. The van der Waals surface area contributed by atoms with Gasteiger partial charge in [0.15, 0.2) is 0 Å². The van der Waals surface area contributed by atoms with Gasteiger partial charge in [0.05, 0.1) is 0 Å². The summed E-state index contributed by atoms with van der Waals surface area (Å²) in [6, 6.07) is 8.01. The summed E-state index contributed by atoms with van der Waals surface area (Å²) >= 11 is 0. The minimum atomic E-state index is 0.822. The molecule has 1 rings (SSSR count). The van der Waals surface area contributed by atoms with Gasteiger partial charge in [0.25, 0.3) is 0 Å². The van der Waals surface area contributed by atoms with Crippen molar-refractivity contribution in [3.8, 4) is 0 Å². The maximum atomic E-state index is 5.64. The predicted octanol–water partition coefficient (Wildman–Crippen LogP) is 1.70. The molecule has 0 atom stereocenters. The zero-order valence-electron chi connectivity index (χ0n) is 9.66. The van der Waals surface area contributed by atoms with Gasteiger partial charge in [-0.15, -0.1) is 0 Å². The van der Waals surface area contributed by atoms with Crippen LogP contribution in [0.5, 0.6) is 0 Å². The maximum absolute atomic E-state index is 5.64. The molecule has 3 nitrogen and oxygen atoms in total. The molecule has 1 aromatic carbocycles. The normalized spacial score (nSPS) is 10.3. The van der Waals surface area contributed by atoms with E-state index in [1.165, 1.54) is 18.5 Å². The first-order valence-corrected chi connectivity index (χ1v) is 5.45. The molecule has 0 aliphatic carbocycles. The van der Waals surface area contributed by atoms with Crippen molar-refractivity contribution in [1.82, 2.24) is 5.32 Å². The first-order valence-electron chi connectivity index (χ1n) is 5.45. The SMILES string of the molecule is CNCCCCN(C)c1ccc(N)cc1. The van der Waals surface area contributed by atoms with Crippen molar-refractivity contribution in [3.63, 3.8) is 0 Å². The van der Waals surface area contributed by atoms with Crippen LogP contribution < -0.4 is 16.0 Å². The van der Waals surface area contributed by atoms with Gasteiger partial charge >= 0.3 is 0 Å². The molecule has 15 heavy (non-hydrogen) atoms. The highest BCUT2D eigenvalue weighted by molar-refractivity contribution is 5.52. The molecule has 3 N–H and O–H groups in total. The number of nitrogens with zero attached hydrogens (tertiary/aromatic N) is 1. The van der Waals surface area contributed by atoms with Gasteiger partial charge in [-0.1, -0.05) is 0 Å². The first kappa shape index (κ1) is 11.9. The van der Waals surface area contributed by atoms with E-state index in [2.05, 4.69) is 29.4 Å². The summed E-state index contributed by atoms with van der Waals surface area (Å²) in [4.78, 5) is 2.26. The number of nitrogen functional groups attached to an aromatic ring is 1. The Kier molecular flexibility index (Phi) is 4.98. The third-order valence-electron chi connectivity index (χ3n) is 2.50. The Balaban J connectivity index is 2.33. The van der Waals surface area contributed by atoms with Crippen LogP contribution in [0.2, 0.25) is 0 Å². The van der Waals surface area contributed by atoms with Crippen molar-refractivity contribution >= 4 is 11.4 Å². The molecular weight excluding hydrogens is 186 g/mol. The molecule has 0 aromatic heterocycles.